The summed E-state index contributed by atoms with van der Waals surface area (Å²) < 4.78 is 5.36. The highest BCUT2D eigenvalue weighted by atomic mass is 32.1. The SMILES string of the molecule is C[C@H](CCC(=O)NCc1nc(C(C)(C)C)cs1)N1CCOCC1. The third-order valence-corrected chi connectivity index (χ3v) is 5.06. The molecule has 1 amide bonds. The van der Waals surface area contributed by atoms with Crippen LogP contribution in [0, 0.1) is 0 Å². The molecule has 5 nitrogen and oxygen atoms in total. The second-order valence-electron chi connectivity index (χ2n) is 7.19. The number of carbonyl (C=O) groups excluding carboxylic acids is 1. The number of hydrogen-bond acceptors (Lipinski definition) is 5. The van der Waals surface area contributed by atoms with E-state index in [0.717, 1.165) is 43.4 Å². The summed E-state index contributed by atoms with van der Waals surface area (Å²) in [6, 6.07) is 0.428. The molecule has 0 radical (unpaired) electrons. The van der Waals surface area contributed by atoms with E-state index in [1.807, 2.05) is 0 Å². The summed E-state index contributed by atoms with van der Waals surface area (Å²) in [4.78, 5) is 19.0. The molecule has 6 heteroatoms. The fourth-order valence-electron chi connectivity index (χ4n) is 2.54. The number of nitrogens with one attached hydrogen (secondary N) is 1. The maximum Gasteiger partial charge on any atom is 0.220 e. The van der Waals surface area contributed by atoms with E-state index in [2.05, 4.69) is 48.3 Å². The predicted octanol–water partition coefficient (Wildman–Crippen LogP) is 2.56. The van der Waals surface area contributed by atoms with Crippen molar-refractivity contribution >= 4 is 17.2 Å². The molecule has 1 fully saturated rings. The molecular formula is C17H29N3O2S. The van der Waals surface area contributed by atoms with Crippen molar-refractivity contribution in [2.24, 2.45) is 0 Å². The fraction of sp³-hybridized carbons (Fsp3) is 0.765. The molecule has 0 saturated carbocycles. The predicted molar refractivity (Wildman–Crippen MR) is 93.7 cm³/mol. The van der Waals surface area contributed by atoms with Crippen LogP contribution in [0.15, 0.2) is 5.38 Å². The topological polar surface area (TPSA) is 54.5 Å². The molecule has 0 spiro atoms. The Balaban J connectivity index is 1.69. The molecule has 1 aliphatic heterocycles. The molecule has 1 aliphatic rings. The van der Waals surface area contributed by atoms with Gasteiger partial charge >= 0.3 is 0 Å². The highest BCUT2D eigenvalue weighted by molar-refractivity contribution is 7.09. The van der Waals surface area contributed by atoms with Crippen molar-refractivity contribution < 1.29 is 9.53 Å². The third-order valence-electron chi connectivity index (χ3n) is 4.22. The molecule has 1 aromatic heterocycles. The van der Waals surface area contributed by atoms with Crippen molar-refractivity contribution in [1.82, 2.24) is 15.2 Å². The van der Waals surface area contributed by atoms with Crippen LogP contribution in [-0.4, -0.2) is 48.1 Å². The molecule has 1 N–H and O–H groups in total. The molecule has 2 rings (SSSR count). The van der Waals surface area contributed by atoms with Gasteiger partial charge in [0.15, 0.2) is 0 Å². The Labute approximate surface area is 143 Å². The molecule has 0 unspecified atom stereocenters. The number of aromatic nitrogens is 1. The van der Waals surface area contributed by atoms with Crippen molar-refractivity contribution in [3.63, 3.8) is 0 Å². The van der Waals surface area contributed by atoms with Gasteiger partial charge in [0.2, 0.25) is 5.91 Å². The first-order chi connectivity index (χ1) is 10.9. The lowest BCUT2D eigenvalue weighted by molar-refractivity contribution is -0.121. The average Bonchev–Trinajstić information content (AvgIpc) is 3.00. The van der Waals surface area contributed by atoms with E-state index < -0.39 is 0 Å². The van der Waals surface area contributed by atoms with Gasteiger partial charge in [0.05, 0.1) is 25.5 Å². The summed E-state index contributed by atoms with van der Waals surface area (Å²) in [5, 5.41) is 6.05. The van der Waals surface area contributed by atoms with Crippen LogP contribution in [-0.2, 0) is 21.5 Å². The second-order valence-corrected chi connectivity index (χ2v) is 8.13. The third kappa shape index (κ3) is 5.86. The summed E-state index contributed by atoms with van der Waals surface area (Å²) in [5.41, 5.74) is 1.15. The second kappa shape index (κ2) is 8.22. The van der Waals surface area contributed by atoms with Crippen LogP contribution in [0.25, 0.3) is 0 Å². The van der Waals surface area contributed by atoms with Crippen molar-refractivity contribution in [2.45, 2.75) is 58.5 Å². The van der Waals surface area contributed by atoms with Gasteiger partial charge in [-0.3, -0.25) is 9.69 Å². The average molecular weight is 340 g/mol. The Hall–Kier alpha value is -0.980. The number of hydrogen-bond donors (Lipinski definition) is 1. The van der Waals surface area contributed by atoms with Crippen LogP contribution < -0.4 is 5.32 Å². The van der Waals surface area contributed by atoms with Gasteiger partial charge in [-0.15, -0.1) is 11.3 Å². The number of carbonyl (C=O) groups is 1. The van der Waals surface area contributed by atoms with E-state index in [9.17, 15) is 4.79 Å². The Bertz CT molecular complexity index is 504. The standard InChI is InChI=1S/C17H29N3O2S/c1-13(20-7-9-22-10-8-20)5-6-15(21)18-11-16-19-14(12-23-16)17(2,3)4/h12-13H,5-11H2,1-4H3,(H,18,21)/t13-/m1/s1. The van der Waals surface area contributed by atoms with Gasteiger partial charge in [-0.05, 0) is 13.3 Å². The minimum Gasteiger partial charge on any atom is -0.379 e. The number of amides is 1. The van der Waals surface area contributed by atoms with Gasteiger partial charge in [0.1, 0.15) is 5.01 Å². The zero-order chi connectivity index (χ0) is 16.9. The number of rotatable bonds is 6. The van der Waals surface area contributed by atoms with Gasteiger partial charge in [-0.2, -0.15) is 0 Å². The molecule has 1 saturated heterocycles. The van der Waals surface area contributed by atoms with E-state index in [-0.39, 0.29) is 11.3 Å². The first-order valence-electron chi connectivity index (χ1n) is 8.39. The quantitative estimate of drug-likeness (QED) is 0.865. The lowest BCUT2D eigenvalue weighted by Crippen LogP contribution is -2.42. The van der Waals surface area contributed by atoms with Gasteiger partial charge in [0.25, 0.3) is 0 Å². The maximum atomic E-state index is 12.0. The molecular weight excluding hydrogens is 310 g/mol. The molecule has 0 bridgehead atoms. The number of nitrogens with zero attached hydrogens (tertiary/aromatic N) is 2. The van der Waals surface area contributed by atoms with Gasteiger partial charge in [-0.25, -0.2) is 4.98 Å². The largest absolute Gasteiger partial charge is 0.379 e. The lowest BCUT2D eigenvalue weighted by atomic mass is 9.93. The number of thiazole rings is 1. The van der Waals surface area contributed by atoms with Crippen LogP contribution in [0.5, 0.6) is 0 Å². The molecule has 23 heavy (non-hydrogen) atoms. The summed E-state index contributed by atoms with van der Waals surface area (Å²) in [6.45, 7) is 12.7. The van der Waals surface area contributed by atoms with Crippen LogP contribution in [0.3, 0.4) is 0 Å². The molecule has 1 aromatic rings. The summed E-state index contributed by atoms with van der Waals surface area (Å²) >= 11 is 1.62. The number of morpholine rings is 1. The fourth-order valence-corrected chi connectivity index (χ4v) is 3.50. The van der Waals surface area contributed by atoms with Crippen molar-refractivity contribution in [1.29, 1.82) is 0 Å². The Morgan fingerprint density at radius 3 is 2.74 bits per heavy atom. The van der Waals surface area contributed by atoms with Crippen LogP contribution in [0.1, 0.15) is 51.2 Å². The van der Waals surface area contributed by atoms with E-state index >= 15 is 0 Å². The molecule has 0 aliphatic carbocycles. The normalized spacial score (nSPS) is 17.9. The van der Waals surface area contributed by atoms with Crippen molar-refractivity contribution in [2.75, 3.05) is 26.3 Å². The Morgan fingerprint density at radius 1 is 1.43 bits per heavy atom. The van der Waals surface area contributed by atoms with Gasteiger partial charge < -0.3 is 10.1 Å². The summed E-state index contributed by atoms with van der Waals surface area (Å²) in [5.74, 6) is 0.109. The minimum absolute atomic E-state index is 0.0619. The smallest absolute Gasteiger partial charge is 0.220 e. The van der Waals surface area contributed by atoms with E-state index in [4.69, 9.17) is 4.74 Å². The van der Waals surface area contributed by atoms with Gasteiger partial charge in [0, 0.05) is 36.3 Å². The molecule has 0 aromatic carbocycles. The maximum absolute atomic E-state index is 12.0. The van der Waals surface area contributed by atoms with Crippen LogP contribution in [0.4, 0.5) is 0 Å². The number of ether oxygens (including phenoxy) is 1. The Kier molecular flexibility index (Phi) is 6.56. The monoisotopic (exact) mass is 339 g/mol. The molecule has 130 valence electrons. The zero-order valence-electron chi connectivity index (χ0n) is 14.7. The van der Waals surface area contributed by atoms with E-state index in [1.165, 1.54) is 0 Å². The van der Waals surface area contributed by atoms with Gasteiger partial charge in [-0.1, -0.05) is 20.8 Å². The lowest BCUT2D eigenvalue weighted by Gasteiger charge is -2.32. The highest BCUT2D eigenvalue weighted by Gasteiger charge is 2.19. The first-order valence-corrected chi connectivity index (χ1v) is 9.27. The minimum atomic E-state index is 0.0619. The van der Waals surface area contributed by atoms with Crippen LogP contribution >= 0.6 is 11.3 Å². The van der Waals surface area contributed by atoms with E-state index in [0.29, 0.717) is 19.0 Å². The van der Waals surface area contributed by atoms with Crippen molar-refractivity contribution in [3.05, 3.63) is 16.1 Å². The summed E-state index contributed by atoms with van der Waals surface area (Å²) in [7, 11) is 0. The first kappa shape index (κ1) is 18.4. The molecule has 1 atom stereocenters. The summed E-state index contributed by atoms with van der Waals surface area (Å²) in [6.07, 6.45) is 1.45. The van der Waals surface area contributed by atoms with E-state index in [1.54, 1.807) is 11.3 Å². The van der Waals surface area contributed by atoms with Crippen LogP contribution in [0.2, 0.25) is 0 Å². The molecule has 2 heterocycles. The zero-order valence-corrected chi connectivity index (χ0v) is 15.5. The van der Waals surface area contributed by atoms with Crippen molar-refractivity contribution in [3.8, 4) is 0 Å². The Morgan fingerprint density at radius 2 is 2.13 bits per heavy atom. The highest BCUT2D eigenvalue weighted by Crippen LogP contribution is 2.23.